The van der Waals surface area contributed by atoms with Crippen molar-refractivity contribution in [1.29, 1.82) is 0 Å². The third-order valence-electron chi connectivity index (χ3n) is 3.29. The summed E-state index contributed by atoms with van der Waals surface area (Å²) in [6.07, 6.45) is 2.64. The predicted octanol–water partition coefficient (Wildman–Crippen LogP) is 7.77. The molecule has 126 valence electrons. The summed E-state index contributed by atoms with van der Waals surface area (Å²) in [4.78, 5) is 0. The summed E-state index contributed by atoms with van der Waals surface area (Å²) >= 11 is 0. The summed E-state index contributed by atoms with van der Waals surface area (Å²) in [5, 5.41) is 0. The summed E-state index contributed by atoms with van der Waals surface area (Å²) in [5.41, 5.74) is 5.94. The molecule has 0 bridgehead atoms. The normalized spacial score (nSPS) is 9.33. The molecule has 0 atom stereocenters. The van der Waals surface area contributed by atoms with Gasteiger partial charge in [-0.25, -0.2) is 0 Å². The summed E-state index contributed by atoms with van der Waals surface area (Å²) in [6.45, 7) is 25.7. The van der Waals surface area contributed by atoms with Gasteiger partial charge in [-0.05, 0) is 48.4 Å². The van der Waals surface area contributed by atoms with Crippen molar-refractivity contribution in [2.75, 3.05) is 0 Å². The smallest absolute Gasteiger partial charge is 0.0132 e. The van der Waals surface area contributed by atoms with Crippen LogP contribution in [0.15, 0.2) is 12.1 Å². The van der Waals surface area contributed by atoms with Gasteiger partial charge in [-0.2, -0.15) is 0 Å². The van der Waals surface area contributed by atoms with Crippen LogP contribution < -0.4 is 0 Å². The van der Waals surface area contributed by atoms with Crippen LogP contribution in [0.2, 0.25) is 0 Å². The summed E-state index contributed by atoms with van der Waals surface area (Å²) in [5.74, 6) is 0. The molecule has 0 amide bonds. The Morgan fingerprint density at radius 2 is 1.00 bits per heavy atom. The molecule has 1 aromatic carbocycles. The van der Waals surface area contributed by atoms with Gasteiger partial charge >= 0.3 is 0 Å². The van der Waals surface area contributed by atoms with Crippen molar-refractivity contribution in [3.05, 3.63) is 34.4 Å². The van der Waals surface area contributed by atoms with E-state index in [1.165, 1.54) is 35.1 Å². The van der Waals surface area contributed by atoms with E-state index in [9.17, 15) is 0 Å². The van der Waals surface area contributed by atoms with E-state index in [-0.39, 0.29) is 5.41 Å². The first kappa shape index (κ1) is 25.2. The lowest BCUT2D eigenvalue weighted by Gasteiger charge is -2.21. The molecule has 0 spiro atoms. The molecule has 0 fully saturated rings. The van der Waals surface area contributed by atoms with Gasteiger partial charge in [-0.3, -0.25) is 0 Å². The van der Waals surface area contributed by atoms with Crippen LogP contribution >= 0.6 is 0 Å². The second kappa shape index (κ2) is 14.2. The molecule has 0 aliphatic carbocycles. The second-order valence-electron chi connectivity index (χ2n) is 5.99. The molecule has 0 radical (unpaired) electrons. The average molecular weight is 295 g/mol. The van der Waals surface area contributed by atoms with E-state index in [4.69, 9.17) is 0 Å². The van der Waals surface area contributed by atoms with Crippen LogP contribution in [0.4, 0.5) is 0 Å². The highest BCUT2D eigenvalue weighted by atomic mass is 14.2. The minimum absolute atomic E-state index is 0.267. The van der Waals surface area contributed by atoms with Gasteiger partial charge in [0.2, 0.25) is 0 Å². The topological polar surface area (TPSA) is 0 Å². The molecule has 0 aliphatic heterocycles. The largest absolute Gasteiger partial charge is 0.0683 e. The lowest BCUT2D eigenvalue weighted by Crippen LogP contribution is -2.12. The summed E-state index contributed by atoms with van der Waals surface area (Å²) in [6, 6.07) is 4.62. The fourth-order valence-electron chi connectivity index (χ4n) is 1.47. The predicted molar refractivity (Wildman–Crippen MR) is 103 cm³/mol. The minimum Gasteiger partial charge on any atom is -0.0683 e. The van der Waals surface area contributed by atoms with E-state index in [1.54, 1.807) is 0 Å². The molecular weight excluding hydrogens is 252 g/mol. The number of unbranched alkanes of at least 4 members (excludes halogenated alkanes) is 1. The molecule has 21 heavy (non-hydrogen) atoms. The maximum absolute atomic E-state index is 2.31. The van der Waals surface area contributed by atoms with Crippen LogP contribution in [-0.2, 0) is 5.41 Å². The van der Waals surface area contributed by atoms with Gasteiger partial charge in [0.05, 0.1) is 0 Å². The highest BCUT2D eigenvalue weighted by Crippen LogP contribution is 2.26. The van der Waals surface area contributed by atoms with Gasteiger partial charge in [0, 0.05) is 0 Å². The van der Waals surface area contributed by atoms with Crippen molar-refractivity contribution in [3.8, 4) is 0 Å². The third-order valence-corrected chi connectivity index (χ3v) is 3.29. The van der Waals surface area contributed by atoms with E-state index in [0.29, 0.717) is 0 Å². The van der Waals surface area contributed by atoms with Gasteiger partial charge < -0.3 is 0 Å². The van der Waals surface area contributed by atoms with E-state index in [1.807, 2.05) is 27.7 Å². The highest BCUT2D eigenvalue weighted by Gasteiger charge is 2.14. The third kappa shape index (κ3) is 11.5. The van der Waals surface area contributed by atoms with Crippen LogP contribution in [0.3, 0.4) is 0 Å². The Labute approximate surface area is 136 Å². The van der Waals surface area contributed by atoms with E-state index >= 15 is 0 Å². The Kier molecular flexibility index (Phi) is 17.0. The van der Waals surface area contributed by atoms with E-state index in [0.717, 1.165) is 0 Å². The zero-order chi connectivity index (χ0) is 17.6. The van der Waals surface area contributed by atoms with E-state index < -0.39 is 0 Å². The number of hydrogen-bond acceptors (Lipinski definition) is 0. The summed E-state index contributed by atoms with van der Waals surface area (Å²) < 4.78 is 0. The van der Waals surface area contributed by atoms with E-state index in [2.05, 4.69) is 67.5 Å². The average Bonchev–Trinajstić information content (AvgIpc) is 2.47. The van der Waals surface area contributed by atoms with Gasteiger partial charge in [0.15, 0.2) is 0 Å². The van der Waals surface area contributed by atoms with Crippen molar-refractivity contribution in [2.45, 2.75) is 101 Å². The van der Waals surface area contributed by atoms with Crippen molar-refractivity contribution < 1.29 is 0 Å². The standard InChI is InChI=1S/C13H20.C4H10.2C2H6/c1-9-7-12(13(4,5)6)8-10(2)11(9)3;1-3-4-2;2*1-2/h7-8H,1-6H3;3-4H2,1-2H3;2*1-2H3. The van der Waals surface area contributed by atoms with Gasteiger partial charge in [-0.15, -0.1) is 0 Å². The number of rotatable bonds is 1. The first-order valence-electron chi connectivity index (χ1n) is 8.82. The lowest BCUT2D eigenvalue weighted by atomic mass is 9.84. The first-order chi connectivity index (χ1) is 9.73. The molecule has 0 unspecified atom stereocenters. The maximum atomic E-state index is 2.31. The van der Waals surface area contributed by atoms with Crippen molar-refractivity contribution in [2.24, 2.45) is 0 Å². The van der Waals surface area contributed by atoms with Crippen LogP contribution in [0, 0.1) is 20.8 Å². The van der Waals surface area contributed by atoms with Crippen molar-refractivity contribution in [1.82, 2.24) is 0 Å². The van der Waals surface area contributed by atoms with Gasteiger partial charge in [-0.1, -0.05) is 87.3 Å². The zero-order valence-corrected chi connectivity index (χ0v) is 17.1. The van der Waals surface area contributed by atoms with Crippen molar-refractivity contribution in [3.63, 3.8) is 0 Å². The molecule has 0 heteroatoms. The fraction of sp³-hybridized carbons (Fsp3) is 0.714. The molecule has 1 aromatic rings. The monoisotopic (exact) mass is 294 g/mol. The first-order valence-corrected chi connectivity index (χ1v) is 8.82. The molecule has 0 saturated heterocycles. The molecule has 0 nitrogen and oxygen atoms in total. The summed E-state index contributed by atoms with van der Waals surface area (Å²) in [7, 11) is 0. The lowest BCUT2D eigenvalue weighted by molar-refractivity contribution is 0.589. The second-order valence-corrected chi connectivity index (χ2v) is 5.99. The molecule has 1 rings (SSSR count). The SMILES string of the molecule is CC.CC.CCCC.Cc1cc(C(C)(C)C)cc(C)c1C. The quantitative estimate of drug-likeness (QED) is 0.496. The Balaban J connectivity index is -0.000000343. The van der Waals surface area contributed by atoms with Crippen LogP contribution in [-0.4, -0.2) is 0 Å². The minimum atomic E-state index is 0.267. The highest BCUT2D eigenvalue weighted by molar-refractivity contribution is 5.39. The zero-order valence-electron chi connectivity index (χ0n) is 17.1. The Morgan fingerprint density at radius 1 is 0.714 bits per heavy atom. The number of benzene rings is 1. The fourth-order valence-corrected chi connectivity index (χ4v) is 1.47. The Bertz CT molecular complexity index is 315. The molecule has 0 saturated carbocycles. The van der Waals surface area contributed by atoms with Crippen LogP contribution in [0.5, 0.6) is 0 Å². The molecule has 0 aliphatic rings. The van der Waals surface area contributed by atoms with Gasteiger partial charge in [0.25, 0.3) is 0 Å². The number of hydrogen-bond donors (Lipinski definition) is 0. The molecule has 0 N–H and O–H groups in total. The molecular formula is C21H42. The Morgan fingerprint density at radius 3 is 1.19 bits per heavy atom. The molecule has 0 aromatic heterocycles. The maximum Gasteiger partial charge on any atom is -0.0132 e. The Hall–Kier alpha value is -0.780. The molecule has 0 heterocycles. The van der Waals surface area contributed by atoms with Crippen LogP contribution in [0.25, 0.3) is 0 Å². The van der Waals surface area contributed by atoms with Gasteiger partial charge in [0.1, 0.15) is 0 Å². The number of aryl methyl sites for hydroxylation is 2. The van der Waals surface area contributed by atoms with Crippen LogP contribution in [0.1, 0.15) is 97.4 Å². The van der Waals surface area contributed by atoms with Crippen molar-refractivity contribution >= 4 is 0 Å².